The Balaban J connectivity index is 3.88. The van der Waals surface area contributed by atoms with Crippen LogP contribution in [0.2, 0.25) is 0 Å². The third kappa shape index (κ3) is 3.61. The Morgan fingerprint density at radius 2 is 2.09 bits per heavy atom. The molecule has 0 aromatic rings. The highest BCUT2D eigenvalue weighted by molar-refractivity contribution is 5.48. The normalized spacial score (nSPS) is 11.7. The lowest BCUT2D eigenvalue weighted by atomic mass is 10.2. The molecular weight excluding hydrogens is 138 g/mol. The quantitative estimate of drug-likeness (QED) is 0.419. The Bertz CT molecular complexity index is 142. The lowest BCUT2D eigenvalue weighted by molar-refractivity contribution is -0.119. The monoisotopic (exact) mass is 153 g/mol. The molecule has 0 saturated carbocycles. The summed E-state index contributed by atoms with van der Waals surface area (Å²) >= 11 is 0. The molecule has 0 aliphatic heterocycles. The van der Waals surface area contributed by atoms with Crippen LogP contribution >= 0.6 is 0 Å². The molecule has 0 heterocycles. The third-order valence-electron chi connectivity index (χ3n) is 1.55. The van der Waals surface area contributed by atoms with E-state index in [1.54, 1.807) is 11.0 Å². The molecule has 0 aliphatic rings. The number of nitrogens with zero attached hydrogens (tertiary/aromatic N) is 1. The second-order valence-corrected chi connectivity index (χ2v) is 2.46. The van der Waals surface area contributed by atoms with Crippen molar-refractivity contribution in [3.8, 4) is 0 Å². The van der Waals surface area contributed by atoms with E-state index >= 15 is 0 Å². The number of hydrogen-bond donors (Lipinski definition) is 0. The topological polar surface area (TPSA) is 20.3 Å². The Labute approximate surface area is 68.2 Å². The summed E-state index contributed by atoms with van der Waals surface area (Å²) in [4.78, 5) is 12.1. The molecule has 0 rings (SSSR count). The predicted octanol–water partition coefficient (Wildman–Crippen LogP) is 1.60. The van der Waals surface area contributed by atoms with Gasteiger partial charge in [0.15, 0.2) is 0 Å². The van der Waals surface area contributed by atoms with Gasteiger partial charge in [-0.15, -0.1) is 13.2 Å². The predicted molar refractivity (Wildman–Crippen MR) is 47.2 cm³/mol. The largest absolute Gasteiger partial charge is 0.339 e. The standard InChI is InChI=1S/C9H15NO/c1-4-6-9(3)10(8-11)7-5-2/h4-5,8-9H,1-2,6-7H2,3H3. The van der Waals surface area contributed by atoms with E-state index in [4.69, 9.17) is 0 Å². The van der Waals surface area contributed by atoms with E-state index in [9.17, 15) is 4.79 Å². The van der Waals surface area contributed by atoms with Gasteiger partial charge in [0, 0.05) is 12.6 Å². The van der Waals surface area contributed by atoms with Gasteiger partial charge in [-0.2, -0.15) is 0 Å². The van der Waals surface area contributed by atoms with Crippen molar-refractivity contribution in [2.45, 2.75) is 19.4 Å². The van der Waals surface area contributed by atoms with Crippen LogP contribution in [0.25, 0.3) is 0 Å². The van der Waals surface area contributed by atoms with Crippen LogP contribution < -0.4 is 0 Å². The molecule has 0 aliphatic carbocycles. The van der Waals surface area contributed by atoms with E-state index in [0.717, 1.165) is 12.8 Å². The molecule has 1 atom stereocenters. The molecule has 0 radical (unpaired) electrons. The molecule has 0 bridgehead atoms. The molecule has 2 nitrogen and oxygen atoms in total. The van der Waals surface area contributed by atoms with Crippen LogP contribution in [0.1, 0.15) is 13.3 Å². The van der Waals surface area contributed by atoms with E-state index in [-0.39, 0.29) is 6.04 Å². The minimum Gasteiger partial charge on any atom is -0.339 e. The Hall–Kier alpha value is -1.05. The van der Waals surface area contributed by atoms with Crippen LogP contribution in [0.5, 0.6) is 0 Å². The van der Waals surface area contributed by atoms with Gasteiger partial charge >= 0.3 is 0 Å². The van der Waals surface area contributed by atoms with Gasteiger partial charge in [0.25, 0.3) is 0 Å². The lowest BCUT2D eigenvalue weighted by Gasteiger charge is -2.22. The van der Waals surface area contributed by atoms with Gasteiger partial charge in [0.2, 0.25) is 6.41 Å². The zero-order valence-electron chi connectivity index (χ0n) is 6.99. The number of carbonyl (C=O) groups excluding carboxylic acids is 1. The first-order chi connectivity index (χ1) is 5.26. The maximum Gasteiger partial charge on any atom is 0.210 e. The molecule has 0 aromatic heterocycles. The fourth-order valence-corrected chi connectivity index (χ4v) is 0.853. The van der Waals surface area contributed by atoms with E-state index in [0.29, 0.717) is 6.54 Å². The van der Waals surface area contributed by atoms with Crippen LogP contribution in [-0.4, -0.2) is 23.9 Å². The molecule has 0 saturated heterocycles. The minimum atomic E-state index is 0.225. The Morgan fingerprint density at radius 3 is 2.45 bits per heavy atom. The lowest BCUT2D eigenvalue weighted by Crippen LogP contribution is -2.31. The van der Waals surface area contributed by atoms with Crippen molar-refractivity contribution in [1.82, 2.24) is 4.90 Å². The van der Waals surface area contributed by atoms with Gasteiger partial charge in [-0.3, -0.25) is 4.79 Å². The zero-order valence-corrected chi connectivity index (χ0v) is 6.99. The molecule has 0 aromatic carbocycles. The number of amides is 1. The third-order valence-corrected chi connectivity index (χ3v) is 1.55. The molecule has 0 N–H and O–H groups in total. The van der Waals surface area contributed by atoms with Crippen molar-refractivity contribution in [2.75, 3.05) is 6.54 Å². The maximum atomic E-state index is 10.5. The summed E-state index contributed by atoms with van der Waals surface area (Å²) < 4.78 is 0. The van der Waals surface area contributed by atoms with Crippen LogP contribution in [0.4, 0.5) is 0 Å². The zero-order chi connectivity index (χ0) is 8.69. The highest BCUT2D eigenvalue weighted by Gasteiger charge is 2.06. The molecule has 1 unspecified atom stereocenters. The van der Waals surface area contributed by atoms with Crippen LogP contribution in [-0.2, 0) is 4.79 Å². The van der Waals surface area contributed by atoms with Gasteiger partial charge in [-0.1, -0.05) is 12.2 Å². The first-order valence-corrected chi connectivity index (χ1v) is 3.69. The summed E-state index contributed by atoms with van der Waals surface area (Å²) in [6.45, 7) is 9.77. The van der Waals surface area contributed by atoms with E-state index < -0.39 is 0 Å². The molecular formula is C9H15NO. The van der Waals surface area contributed by atoms with E-state index in [1.807, 2.05) is 13.0 Å². The maximum absolute atomic E-state index is 10.5. The van der Waals surface area contributed by atoms with Crippen molar-refractivity contribution in [1.29, 1.82) is 0 Å². The highest BCUT2D eigenvalue weighted by atomic mass is 16.1. The Morgan fingerprint density at radius 1 is 1.45 bits per heavy atom. The van der Waals surface area contributed by atoms with Crippen molar-refractivity contribution in [2.24, 2.45) is 0 Å². The smallest absolute Gasteiger partial charge is 0.210 e. The summed E-state index contributed by atoms with van der Waals surface area (Å²) in [5.74, 6) is 0. The fraction of sp³-hybridized carbons (Fsp3) is 0.444. The SMILES string of the molecule is C=CCC(C)N(C=O)CC=C. The van der Waals surface area contributed by atoms with Crippen LogP contribution in [0.15, 0.2) is 25.3 Å². The second kappa shape index (κ2) is 5.71. The van der Waals surface area contributed by atoms with Crippen LogP contribution in [0, 0.1) is 0 Å². The van der Waals surface area contributed by atoms with E-state index in [1.165, 1.54) is 0 Å². The van der Waals surface area contributed by atoms with Crippen molar-refractivity contribution in [3.63, 3.8) is 0 Å². The summed E-state index contributed by atoms with van der Waals surface area (Å²) in [5, 5.41) is 0. The van der Waals surface area contributed by atoms with E-state index in [2.05, 4.69) is 13.2 Å². The number of hydrogen-bond acceptors (Lipinski definition) is 1. The molecule has 11 heavy (non-hydrogen) atoms. The van der Waals surface area contributed by atoms with Crippen LogP contribution in [0.3, 0.4) is 0 Å². The summed E-state index contributed by atoms with van der Waals surface area (Å²) in [6.07, 6.45) is 5.20. The van der Waals surface area contributed by atoms with Gasteiger partial charge < -0.3 is 4.90 Å². The van der Waals surface area contributed by atoms with Gasteiger partial charge in [0.1, 0.15) is 0 Å². The summed E-state index contributed by atoms with van der Waals surface area (Å²) in [5.41, 5.74) is 0. The summed E-state index contributed by atoms with van der Waals surface area (Å²) in [6, 6.07) is 0.225. The average molecular weight is 153 g/mol. The molecule has 2 heteroatoms. The van der Waals surface area contributed by atoms with Gasteiger partial charge in [0.05, 0.1) is 0 Å². The molecule has 62 valence electrons. The first-order valence-electron chi connectivity index (χ1n) is 3.69. The average Bonchev–Trinajstić information content (AvgIpc) is 2.00. The Kier molecular flexibility index (Phi) is 5.17. The molecule has 0 spiro atoms. The number of rotatable bonds is 6. The summed E-state index contributed by atoms with van der Waals surface area (Å²) in [7, 11) is 0. The second-order valence-electron chi connectivity index (χ2n) is 2.46. The van der Waals surface area contributed by atoms with Crippen molar-refractivity contribution < 1.29 is 4.79 Å². The molecule has 1 amide bonds. The van der Waals surface area contributed by atoms with Crippen molar-refractivity contribution >= 4 is 6.41 Å². The van der Waals surface area contributed by atoms with Crippen molar-refractivity contribution in [3.05, 3.63) is 25.3 Å². The van der Waals surface area contributed by atoms with Gasteiger partial charge in [-0.05, 0) is 13.3 Å². The molecule has 0 fully saturated rings. The first kappa shape index (κ1) is 9.95. The van der Waals surface area contributed by atoms with Gasteiger partial charge in [-0.25, -0.2) is 0 Å². The minimum absolute atomic E-state index is 0.225. The highest BCUT2D eigenvalue weighted by Crippen LogP contribution is 2.00. The fourth-order valence-electron chi connectivity index (χ4n) is 0.853. The number of carbonyl (C=O) groups is 1.